The molecule has 162 valence electrons. The topological polar surface area (TPSA) is 62.7 Å². The molecule has 2 atom stereocenters. The smallest absolute Gasteiger partial charge is 0.417 e. The van der Waals surface area contributed by atoms with Gasteiger partial charge in [0, 0.05) is 31.9 Å². The second kappa shape index (κ2) is 7.73. The number of alkyl halides is 3. The molecule has 0 amide bonds. The van der Waals surface area contributed by atoms with Crippen molar-refractivity contribution in [1.29, 1.82) is 0 Å². The molecule has 0 radical (unpaired) electrons. The fraction of sp³-hybridized carbons (Fsp3) is 0.450. The van der Waals surface area contributed by atoms with Gasteiger partial charge in [-0.2, -0.15) is 17.5 Å². The number of nitrogens with zero attached hydrogens (tertiary/aromatic N) is 3. The van der Waals surface area contributed by atoms with Crippen molar-refractivity contribution < 1.29 is 26.3 Å². The Kier molecular flexibility index (Phi) is 5.39. The van der Waals surface area contributed by atoms with Gasteiger partial charge >= 0.3 is 6.18 Å². The van der Waals surface area contributed by atoms with Gasteiger partial charge in [0.1, 0.15) is 16.5 Å². The summed E-state index contributed by atoms with van der Waals surface area (Å²) in [5, 5.41) is 0. The van der Waals surface area contributed by atoms with Crippen molar-refractivity contribution in [1.82, 2.24) is 9.29 Å². The Morgan fingerprint density at radius 1 is 1.17 bits per heavy atom. The van der Waals surface area contributed by atoms with E-state index in [4.69, 9.17) is 4.74 Å². The predicted octanol–water partition coefficient (Wildman–Crippen LogP) is 3.40. The van der Waals surface area contributed by atoms with Gasteiger partial charge in [-0.25, -0.2) is 13.4 Å². The summed E-state index contributed by atoms with van der Waals surface area (Å²) in [6.07, 6.45) is -2.93. The number of pyridine rings is 1. The third kappa shape index (κ3) is 3.74. The first-order valence-corrected chi connectivity index (χ1v) is 11.2. The summed E-state index contributed by atoms with van der Waals surface area (Å²) in [6.45, 7) is 3.50. The van der Waals surface area contributed by atoms with Crippen LogP contribution in [0.1, 0.15) is 18.9 Å². The number of aromatic nitrogens is 1. The van der Waals surface area contributed by atoms with Crippen LogP contribution in [0.4, 0.5) is 19.0 Å². The van der Waals surface area contributed by atoms with E-state index < -0.39 is 21.8 Å². The number of anilines is 1. The second-order valence-electron chi connectivity index (χ2n) is 7.42. The van der Waals surface area contributed by atoms with Crippen LogP contribution >= 0.6 is 0 Å². The molecular formula is C20H22F3N3O3S. The van der Waals surface area contributed by atoms with Gasteiger partial charge in [0.25, 0.3) is 0 Å². The van der Waals surface area contributed by atoms with E-state index in [1.807, 2.05) is 4.90 Å². The van der Waals surface area contributed by atoms with Crippen molar-refractivity contribution in [2.24, 2.45) is 5.92 Å². The molecule has 0 N–H and O–H groups in total. The van der Waals surface area contributed by atoms with Crippen LogP contribution in [-0.2, 0) is 16.2 Å². The first-order valence-electron chi connectivity index (χ1n) is 9.73. The Bertz CT molecular complexity index is 1010. The molecule has 2 unspecified atom stereocenters. The van der Waals surface area contributed by atoms with Crippen LogP contribution in [0.3, 0.4) is 0 Å². The maximum absolute atomic E-state index is 13.4. The Balaban J connectivity index is 1.55. The van der Waals surface area contributed by atoms with Crippen LogP contribution < -0.4 is 9.64 Å². The molecule has 4 rings (SSSR count). The fourth-order valence-corrected chi connectivity index (χ4v) is 6.04. The monoisotopic (exact) mass is 441 g/mol. The van der Waals surface area contributed by atoms with Crippen LogP contribution in [0, 0.1) is 5.92 Å². The lowest BCUT2D eigenvalue weighted by atomic mass is 10.1. The molecule has 2 aliphatic rings. The Morgan fingerprint density at radius 3 is 2.60 bits per heavy atom. The van der Waals surface area contributed by atoms with Crippen molar-refractivity contribution in [3.05, 3.63) is 48.2 Å². The van der Waals surface area contributed by atoms with Gasteiger partial charge in [0.2, 0.25) is 10.0 Å². The molecular weight excluding hydrogens is 419 g/mol. The molecule has 6 nitrogen and oxygen atoms in total. The van der Waals surface area contributed by atoms with Gasteiger partial charge < -0.3 is 9.64 Å². The summed E-state index contributed by atoms with van der Waals surface area (Å²) < 4.78 is 72.1. The molecule has 0 spiro atoms. The number of hydrogen-bond acceptors (Lipinski definition) is 5. The molecule has 2 fully saturated rings. The molecule has 0 aliphatic carbocycles. The number of halogens is 3. The number of fused-ring (bicyclic) bond motifs is 1. The van der Waals surface area contributed by atoms with Crippen LogP contribution in [0.25, 0.3) is 0 Å². The van der Waals surface area contributed by atoms with Crippen molar-refractivity contribution in [3.63, 3.8) is 0 Å². The Labute approximate surface area is 173 Å². The predicted molar refractivity (Wildman–Crippen MR) is 105 cm³/mol. The Morgan fingerprint density at radius 2 is 1.93 bits per heavy atom. The normalized spacial score (nSPS) is 22.3. The zero-order valence-corrected chi connectivity index (χ0v) is 17.2. The fourth-order valence-electron chi connectivity index (χ4n) is 4.21. The molecule has 0 saturated carbocycles. The average Bonchev–Trinajstić information content (AvgIpc) is 3.29. The highest BCUT2D eigenvalue weighted by Crippen LogP contribution is 2.39. The summed E-state index contributed by atoms with van der Waals surface area (Å²) in [4.78, 5) is 5.95. The summed E-state index contributed by atoms with van der Waals surface area (Å²) in [7, 11) is -3.76. The number of para-hydroxylation sites is 1. The highest BCUT2D eigenvalue weighted by atomic mass is 32.2. The average molecular weight is 441 g/mol. The Hall–Kier alpha value is -2.33. The molecule has 30 heavy (non-hydrogen) atoms. The zero-order valence-electron chi connectivity index (χ0n) is 16.3. The highest BCUT2D eigenvalue weighted by Gasteiger charge is 2.47. The maximum atomic E-state index is 13.4. The first kappa shape index (κ1) is 20.9. The van der Waals surface area contributed by atoms with Crippen LogP contribution in [0.2, 0.25) is 0 Å². The molecule has 10 heteroatoms. The van der Waals surface area contributed by atoms with Crippen LogP contribution in [0.5, 0.6) is 5.75 Å². The van der Waals surface area contributed by atoms with E-state index in [1.54, 1.807) is 25.1 Å². The van der Waals surface area contributed by atoms with E-state index >= 15 is 0 Å². The van der Waals surface area contributed by atoms with E-state index in [0.717, 1.165) is 12.3 Å². The summed E-state index contributed by atoms with van der Waals surface area (Å²) >= 11 is 0. The minimum Gasteiger partial charge on any atom is -0.492 e. The minimum atomic E-state index is -4.44. The summed E-state index contributed by atoms with van der Waals surface area (Å²) in [6, 6.07) is 8.65. The van der Waals surface area contributed by atoms with Crippen LogP contribution in [0.15, 0.2) is 47.5 Å². The van der Waals surface area contributed by atoms with Crippen molar-refractivity contribution >= 4 is 15.8 Å². The van der Waals surface area contributed by atoms with Crippen molar-refractivity contribution in [2.45, 2.75) is 30.5 Å². The molecule has 2 aliphatic heterocycles. The van der Waals surface area contributed by atoms with E-state index in [0.29, 0.717) is 44.2 Å². The quantitative estimate of drug-likeness (QED) is 0.712. The lowest BCUT2D eigenvalue weighted by Crippen LogP contribution is -2.39. The third-order valence-corrected chi connectivity index (χ3v) is 7.60. The van der Waals surface area contributed by atoms with Crippen molar-refractivity contribution in [2.75, 3.05) is 31.1 Å². The van der Waals surface area contributed by atoms with E-state index in [-0.39, 0.29) is 16.9 Å². The molecule has 0 bridgehead atoms. The molecule has 1 aromatic carbocycles. The number of hydrogen-bond donors (Lipinski definition) is 0. The maximum Gasteiger partial charge on any atom is 0.417 e. The SMILES string of the molecule is CCOc1ccccc1S(=O)(=O)N1CCC2CN(c3ccc(C(F)(F)F)cn3)CC21. The lowest BCUT2D eigenvalue weighted by Gasteiger charge is -2.25. The van der Waals surface area contributed by atoms with E-state index in [2.05, 4.69) is 4.98 Å². The van der Waals surface area contributed by atoms with Gasteiger partial charge in [0.05, 0.1) is 12.2 Å². The first-order chi connectivity index (χ1) is 14.2. The standard InChI is InChI=1S/C20H22F3N3O3S/c1-2-29-17-5-3-4-6-18(17)30(27,28)26-10-9-14-12-25(13-16(14)26)19-8-7-15(11-24-19)20(21,22)23/h3-8,11,14,16H,2,9-10,12-13H2,1H3. The second-order valence-corrected chi connectivity index (χ2v) is 9.28. The highest BCUT2D eigenvalue weighted by molar-refractivity contribution is 7.89. The molecule has 2 aromatic rings. The van der Waals surface area contributed by atoms with E-state index in [1.165, 1.54) is 16.4 Å². The van der Waals surface area contributed by atoms with Gasteiger partial charge in [-0.05, 0) is 43.5 Å². The van der Waals surface area contributed by atoms with E-state index in [9.17, 15) is 21.6 Å². The zero-order chi connectivity index (χ0) is 21.5. The van der Waals surface area contributed by atoms with Gasteiger partial charge in [-0.15, -0.1) is 0 Å². The van der Waals surface area contributed by atoms with Gasteiger partial charge in [0.15, 0.2) is 0 Å². The molecule has 2 saturated heterocycles. The number of ether oxygens (including phenoxy) is 1. The number of rotatable bonds is 5. The third-order valence-electron chi connectivity index (χ3n) is 5.63. The van der Waals surface area contributed by atoms with Crippen molar-refractivity contribution in [3.8, 4) is 5.75 Å². The summed E-state index contributed by atoms with van der Waals surface area (Å²) in [5.74, 6) is 0.843. The number of benzene rings is 1. The molecule has 3 heterocycles. The van der Waals surface area contributed by atoms with Gasteiger partial charge in [-0.1, -0.05) is 12.1 Å². The van der Waals surface area contributed by atoms with Gasteiger partial charge in [-0.3, -0.25) is 0 Å². The van der Waals surface area contributed by atoms with Crippen LogP contribution in [-0.4, -0.2) is 50.0 Å². The minimum absolute atomic E-state index is 0.100. The summed E-state index contributed by atoms with van der Waals surface area (Å²) in [5.41, 5.74) is -0.803. The number of sulfonamides is 1. The lowest BCUT2D eigenvalue weighted by molar-refractivity contribution is -0.137. The largest absolute Gasteiger partial charge is 0.492 e. The molecule has 1 aromatic heterocycles.